The number of methoxy groups -OCH3 is 1. The van der Waals surface area contributed by atoms with Gasteiger partial charge in [-0.05, 0) is 97.7 Å². The van der Waals surface area contributed by atoms with E-state index in [1.807, 2.05) is 39.8 Å². The number of rotatable bonds is 23. The highest BCUT2D eigenvalue weighted by Gasteiger charge is 2.14. The third kappa shape index (κ3) is 19.2. The van der Waals surface area contributed by atoms with Gasteiger partial charge in [-0.15, -0.1) is 0 Å². The quantitative estimate of drug-likeness (QED) is 0.0556. The second-order valence-electron chi connectivity index (χ2n) is 13.3. The molecule has 0 unspecified atom stereocenters. The Morgan fingerprint density at radius 3 is 2.15 bits per heavy atom. The van der Waals surface area contributed by atoms with E-state index in [4.69, 9.17) is 30.5 Å². The second kappa shape index (κ2) is 25.3. The zero-order valence-electron chi connectivity index (χ0n) is 31.6. The molecule has 0 saturated carbocycles. The lowest BCUT2D eigenvalue weighted by atomic mass is 10.1. The zero-order chi connectivity index (χ0) is 38.2. The number of amides is 1. The van der Waals surface area contributed by atoms with Crippen LogP contribution in [0, 0.1) is 5.82 Å². The van der Waals surface area contributed by atoms with Crippen molar-refractivity contribution in [2.45, 2.75) is 77.7 Å². The second-order valence-corrected chi connectivity index (χ2v) is 13.7. The van der Waals surface area contributed by atoms with Gasteiger partial charge in [0.2, 0.25) is 5.91 Å². The molecular formula is C39H57ClFN5O6. The van der Waals surface area contributed by atoms with Crippen molar-refractivity contribution in [1.82, 2.24) is 14.9 Å². The Morgan fingerprint density at radius 2 is 1.56 bits per heavy atom. The first-order valence-corrected chi connectivity index (χ1v) is 18.2. The van der Waals surface area contributed by atoms with Gasteiger partial charge in [0.15, 0.2) is 0 Å². The number of aldehydes is 1. The largest absolute Gasteiger partial charge is 0.491 e. The average molecular weight is 746 g/mol. The normalized spacial score (nSPS) is 11.5. The third-order valence-corrected chi connectivity index (χ3v) is 7.70. The summed E-state index contributed by atoms with van der Waals surface area (Å²) in [4.78, 5) is 33.8. The molecule has 288 valence electrons. The zero-order valence-corrected chi connectivity index (χ0v) is 32.4. The molecule has 0 aliphatic rings. The summed E-state index contributed by atoms with van der Waals surface area (Å²) < 4.78 is 36.1. The molecule has 1 amide bonds. The van der Waals surface area contributed by atoms with Crippen LogP contribution in [0.1, 0.15) is 72.1 Å². The molecule has 0 aliphatic carbocycles. The number of ether oxygens (including phenoxy) is 4. The van der Waals surface area contributed by atoms with Crippen molar-refractivity contribution in [2.75, 3.05) is 71.4 Å². The summed E-state index contributed by atoms with van der Waals surface area (Å²) in [6.07, 6.45) is 12.7. The van der Waals surface area contributed by atoms with Crippen LogP contribution in [0.3, 0.4) is 0 Å². The molecule has 0 aliphatic heterocycles. The molecule has 2 aromatic carbocycles. The molecule has 0 bridgehead atoms. The van der Waals surface area contributed by atoms with E-state index in [-0.39, 0.29) is 16.5 Å². The number of fused-ring (bicyclic) bond motifs is 1. The van der Waals surface area contributed by atoms with Gasteiger partial charge in [-0.3, -0.25) is 4.79 Å². The van der Waals surface area contributed by atoms with E-state index >= 15 is 0 Å². The number of nitrogens with zero attached hydrogens (tertiary/aromatic N) is 3. The number of nitrogens with one attached hydrogen (secondary N) is 2. The first-order chi connectivity index (χ1) is 24.9. The van der Waals surface area contributed by atoms with E-state index in [1.54, 1.807) is 31.4 Å². The van der Waals surface area contributed by atoms with Gasteiger partial charge < -0.3 is 39.3 Å². The van der Waals surface area contributed by atoms with Crippen molar-refractivity contribution >= 4 is 51.9 Å². The maximum Gasteiger partial charge on any atom is 0.248 e. The first-order valence-electron chi connectivity index (χ1n) is 17.8. The van der Waals surface area contributed by atoms with Crippen LogP contribution in [0.25, 0.3) is 10.9 Å². The fourth-order valence-electron chi connectivity index (χ4n) is 4.37. The van der Waals surface area contributed by atoms with Gasteiger partial charge in [0, 0.05) is 69.7 Å². The minimum absolute atomic E-state index is 0.0119. The van der Waals surface area contributed by atoms with Crippen LogP contribution in [0.15, 0.2) is 48.8 Å². The highest BCUT2D eigenvalue weighted by atomic mass is 35.5. The summed E-state index contributed by atoms with van der Waals surface area (Å²) in [5.41, 5.74) is 1.67. The molecule has 1 heterocycles. The maximum atomic E-state index is 13.7. The molecule has 52 heavy (non-hydrogen) atoms. The van der Waals surface area contributed by atoms with Crippen LogP contribution in [0.2, 0.25) is 5.02 Å². The minimum Gasteiger partial charge on any atom is -0.491 e. The van der Waals surface area contributed by atoms with E-state index in [2.05, 4.69) is 20.6 Å². The van der Waals surface area contributed by atoms with Crippen LogP contribution < -0.4 is 15.4 Å². The average Bonchev–Trinajstić information content (AvgIpc) is 3.10. The number of likely N-dealkylation sites (N-methyl/N-ethyl adjacent to an activating group) is 1. The van der Waals surface area contributed by atoms with Gasteiger partial charge in [0.05, 0.1) is 28.4 Å². The van der Waals surface area contributed by atoms with E-state index in [9.17, 15) is 14.0 Å². The Labute approximate surface area is 313 Å². The predicted octanol–water partition coefficient (Wildman–Crippen LogP) is 8.39. The Morgan fingerprint density at radius 1 is 0.923 bits per heavy atom. The Kier molecular flexibility index (Phi) is 21.7. The lowest BCUT2D eigenvalue weighted by Gasteiger charge is -2.15. The smallest absolute Gasteiger partial charge is 0.248 e. The van der Waals surface area contributed by atoms with Gasteiger partial charge in [0.1, 0.15) is 30.0 Å². The molecule has 0 spiro atoms. The highest BCUT2D eigenvalue weighted by Crippen LogP contribution is 2.34. The van der Waals surface area contributed by atoms with Crippen molar-refractivity contribution in [3.05, 3.63) is 59.7 Å². The van der Waals surface area contributed by atoms with Gasteiger partial charge in [0.25, 0.3) is 0 Å². The summed E-state index contributed by atoms with van der Waals surface area (Å²) in [6.45, 7) is 9.90. The number of aromatic nitrogens is 2. The van der Waals surface area contributed by atoms with Gasteiger partial charge in [-0.2, -0.15) is 0 Å². The van der Waals surface area contributed by atoms with Gasteiger partial charge >= 0.3 is 0 Å². The number of carbonyl (C=O) groups excluding carboxylic acids is 2. The first kappa shape index (κ1) is 44.5. The number of unbranched alkanes of at least 4 members (excludes halogenated alkanes) is 5. The van der Waals surface area contributed by atoms with Crippen molar-refractivity contribution in [2.24, 2.45) is 0 Å². The van der Waals surface area contributed by atoms with Crippen LogP contribution in [0.5, 0.6) is 5.75 Å². The molecule has 0 saturated heterocycles. The number of halogens is 2. The fourth-order valence-corrected chi connectivity index (χ4v) is 4.55. The van der Waals surface area contributed by atoms with E-state index in [0.717, 1.165) is 64.4 Å². The van der Waals surface area contributed by atoms with Crippen LogP contribution in [-0.4, -0.2) is 93.4 Å². The molecule has 0 fully saturated rings. The van der Waals surface area contributed by atoms with Crippen molar-refractivity contribution in [1.29, 1.82) is 0 Å². The summed E-state index contributed by atoms with van der Waals surface area (Å²) in [6, 6.07) is 7.84. The summed E-state index contributed by atoms with van der Waals surface area (Å²) in [5.74, 6) is 0.141. The summed E-state index contributed by atoms with van der Waals surface area (Å²) >= 11 is 5.96. The van der Waals surface area contributed by atoms with E-state index < -0.39 is 5.82 Å². The van der Waals surface area contributed by atoms with Crippen molar-refractivity contribution in [3.63, 3.8) is 0 Å². The van der Waals surface area contributed by atoms with Crippen molar-refractivity contribution < 1.29 is 32.9 Å². The monoisotopic (exact) mass is 745 g/mol. The maximum absolute atomic E-state index is 13.7. The van der Waals surface area contributed by atoms with Crippen LogP contribution in [0.4, 0.5) is 21.6 Å². The SMILES string of the molecule is CN(C)C/C=C/C(=O)Nc1cc2c(Nc3ccc(F)c(Cl)c3)ncnc2cc1OCCCCOCCCCOCCCCCC=O.COC(C)(C)C. The number of hydrogen-bond acceptors (Lipinski definition) is 10. The summed E-state index contributed by atoms with van der Waals surface area (Å²) in [7, 11) is 5.55. The number of anilines is 3. The standard InChI is InChI=1S/C34H45ClFN5O5.C5H12O/c1-41(2)15-11-12-33(43)40-31-23-27-30(37-25-38-34(27)39-26-13-14-29(36)28(35)22-26)24-32(31)46-21-10-9-20-45-19-8-7-18-44-17-6-4-3-5-16-42;1-5(2,3)6-4/h11-14,16,22-25H,3-10,15,17-21H2,1-2H3,(H,40,43)(H,37,38,39);1-4H3/b12-11+;. The molecule has 3 rings (SSSR count). The third-order valence-electron chi connectivity index (χ3n) is 7.41. The molecule has 13 heteroatoms. The van der Waals surface area contributed by atoms with E-state index in [0.29, 0.717) is 66.6 Å². The van der Waals surface area contributed by atoms with Gasteiger partial charge in [-0.25, -0.2) is 14.4 Å². The minimum atomic E-state index is -0.517. The van der Waals surface area contributed by atoms with Crippen molar-refractivity contribution in [3.8, 4) is 5.75 Å². The number of hydrogen-bond donors (Lipinski definition) is 2. The molecule has 2 N–H and O–H groups in total. The molecule has 0 atom stereocenters. The highest BCUT2D eigenvalue weighted by molar-refractivity contribution is 6.31. The lowest BCUT2D eigenvalue weighted by molar-refractivity contribution is -0.112. The predicted molar refractivity (Wildman–Crippen MR) is 207 cm³/mol. The Balaban J connectivity index is 0.00000143. The Hall–Kier alpha value is -3.68. The molecule has 0 radical (unpaired) electrons. The number of benzene rings is 2. The molecule has 11 nitrogen and oxygen atoms in total. The molecular weight excluding hydrogens is 689 g/mol. The molecule has 1 aromatic heterocycles. The molecule has 3 aromatic rings. The van der Waals surface area contributed by atoms with Gasteiger partial charge in [-0.1, -0.05) is 24.1 Å². The lowest BCUT2D eigenvalue weighted by Crippen LogP contribution is -2.15. The number of carbonyl (C=O) groups is 2. The van der Waals surface area contributed by atoms with Crippen LogP contribution >= 0.6 is 11.6 Å². The Bertz CT molecular complexity index is 1520. The summed E-state index contributed by atoms with van der Waals surface area (Å²) in [5, 5.41) is 6.70. The fraction of sp³-hybridized carbons (Fsp3) is 0.538. The topological polar surface area (TPSA) is 124 Å². The van der Waals surface area contributed by atoms with E-state index in [1.165, 1.54) is 24.5 Å². The van der Waals surface area contributed by atoms with Crippen LogP contribution in [-0.2, 0) is 23.8 Å².